The largest absolute Gasteiger partial charge is 0.376 e. The molecule has 0 saturated carbocycles. The van der Waals surface area contributed by atoms with Crippen molar-refractivity contribution in [1.82, 2.24) is 0 Å². The third-order valence-electron chi connectivity index (χ3n) is 3.45. The standard InChI is InChI=1S/C16H30O/c1-14-10-11-15(13-14)9-7-5-6-8-12-17-16(2,3)4/h10,15H,5-9,11-13H2,1-4H3. The minimum atomic E-state index is 0.0348. The van der Waals surface area contributed by atoms with Gasteiger partial charge < -0.3 is 4.74 Å². The maximum absolute atomic E-state index is 5.72. The zero-order valence-corrected chi connectivity index (χ0v) is 12.2. The lowest BCUT2D eigenvalue weighted by Crippen LogP contribution is -2.19. The monoisotopic (exact) mass is 238 g/mol. The van der Waals surface area contributed by atoms with Crippen LogP contribution in [0.5, 0.6) is 0 Å². The third kappa shape index (κ3) is 7.59. The maximum Gasteiger partial charge on any atom is 0.0598 e. The van der Waals surface area contributed by atoms with Crippen LogP contribution in [0.2, 0.25) is 0 Å². The van der Waals surface area contributed by atoms with Gasteiger partial charge in [0, 0.05) is 6.61 Å². The molecule has 0 aliphatic heterocycles. The highest BCUT2D eigenvalue weighted by Crippen LogP contribution is 2.28. The zero-order valence-electron chi connectivity index (χ0n) is 12.2. The minimum absolute atomic E-state index is 0.0348. The van der Waals surface area contributed by atoms with Crippen LogP contribution in [0.25, 0.3) is 0 Å². The Balaban J connectivity index is 1.85. The fraction of sp³-hybridized carbons (Fsp3) is 0.875. The van der Waals surface area contributed by atoms with Gasteiger partial charge in [0.05, 0.1) is 5.60 Å². The van der Waals surface area contributed by atoms with Gasteiger partial charge in [-0.1, -0.05) is 30.9 Å². The van der Waals surface area contributed by atoms with Gasteiger partial charge in [-0.05, 0) is 59.3 Å². The average Bonchev–Trinajstić information content (AvgIpc) is 2.61. The van der Waals surface area contributed by atoms with Crippen molar-refractivity contribution >= 4 is 0 Å². The lowest BCUT2D eigenvalue weighted by atomic mass is 9.98. The lowest BCUT2D eigenvalue weighted by Gasteiger charge is -2.19. The van der Waals surface area contributed by atoms with Crippen LogP contribution in [-0.2, 0) is 4.74 Å². The van der Waals surface area contributed by atoms with E-state index in [1.807, 2.05) is 0 Å². The Morgan fingerprint density at radius 1 is 1.18 bits per heavy atom. The van der Waals surface area contributed by atoms with E-state index in [0.29, 0.717) is 0 Å². The fourth-order valence-corrected chi connectivity index (χ4v) is 2.48. The van der Waals surface area contributed by atoms with Crippen LogP contribution in [-0.4, -0.2) is 12.2 Å². The Morgan fingerprint density at radius 3 is 2.47 bits per heavy atom. The first-order valence-corrected chi connectivity index (χ1v) is 7.27. The lowest BCUT2D eigenvalue weighted by molar-refractivity contribution is -0.00476. The molecule has 0 bridgehead atoms. The highest BCUT2D eigenvalue weighted by atomic mass is 16.5. The van der Waals surface area contributed by atoms with Gasteiger partial charge in [0.2, 0.25) is 0 Å². The normalized spacial score (nSPS) is 20.7. The summed E-state index contributed by atoms with van der Waals surface area (Å²) in [4.78, 5) is 0. The molecule has 1 heteroatoms. The molecule has 1 aliphatic carbocycles. The van der Waals surface area contributed by atoms with E-state index in [0.717, 1.165) is 12.5 Å². The van der Waals surface area contributed by atoms with Crippen molar-refractivity contribution in [3.63, 3.8) is 0 Å². The second-order valence-electron chi connectivity index (χ2n) is 6.52. The Kier molecular flexibility index (Phi) is 6.26. The predicted molar refractivity (Wildman–Crippen MR) is 75.3 cm³/mol. The van der Waals surface area contributed by atoms with Crippen LogP contribution in [0, 0.1) is 5.92 Å². The number of ether oxygens (including phenoxy) is 1. The summed E-state index contributed by atoms with van der Waals surface area (Å²) in [5, 5.41) is 0. The Bertz CT molecular complexity index is 234. The molecule has 1 rings (SSSR count). The molecule has 0 aromatic heterocycles. The van der Waals surface area contributed by atoms with Crippen molar-refractivity contribution in [2.45, 2.75) is 78.2 Å². The summed E-state index contributed by atoms with van der Waals surface area (Å²) in [5.74, 6) is 0.959. The van der Waals surface area contributed by atoms with Crippen molar-refractivity contribution in [3.05, 3.63) is 11.6 Å². The summed E-state index contributed by atoms with van der Waals surface area (Å²) in [6, 6.07) is 0. The SMILES string of the molecule is CC1=CCC(CCCCCCOC(C)(C)C)C1. The van der Waals surface area contributed by atoms with E-state index in [1.165, 1.54) is 44.9 Å². The van der Waals surface area contributed by atoms with Gasteiger partial charge in [-0.15, -0.1) is 0 Å². The molecule has 1 aliphatic rings. The molecule has 0 amide bonds. The first-order chi connectivity index (χ1) is 7.97. The molecular weight excluding hydrogens is 208 g/mol. The molecule has 0 aromatic carbocycles. The highest BCUT2D eigenvalue weighted by Gasteiger charge is 2.13. The van der Waals surface area contributed by atoms with Crippen LogP contribution in [0.4, 0.5) is 0 Å². The van der Waals surface area contributed by atoms with E-state index in [4.69, 9.17) is 4.74 Å². The summed E-state index contributed by atoms with van der Waals surface area (Å²) in [7, 11) is 0. The number of hydrogen-bond donors (Lipinski definition) is 0. The quantitative estimate of drug-likeness (QED) is 0.442. The molecule has 1 nitrogen and oxygen atoms in total. The molecule has 0 fully saturated rings. The summed E-state index contributed by atoms with van der Waals surface area (Å²) >= 11 is 0. The summed E-state index contributed by atoms with van der Waals surface area (Å²) in [5.41, 5.74) is 1.64. The number of rotatable bonds is 7. The summed E-state index contributed by atoms with van der Waals surface area (Å²) in [6.45, 7) is 9.57. The average molecular weight is 238 g/mol. The maximum atomic E-state index is 5.72. The van der Waals surface area contributed by atoms with Gasteiger partial charge in [-0.2, -0.15) is 0 Å². The Hall–Kier alpha value is -0.300. The summed E-state index contributed by atoms with van der Waals surface area (Å²) < 4.78 is 5.72. The minimum Gasteiger partial charge on any atom is -0.376 e. The zero-order chi connectivity index (χ0) is 12.7. The van der Waals surface area contributed by atoms with Crippen molar-refractivity contribution in [3.8, 4) is 0 Å². The van der Waals surface area contributed by atoms with Crippen LogP contribution in [0.1, 0.15) is 72.6 Å². The summed E-state index contributed by atoms with van der Waals surface area (Å²) in [6.07, 6.45) is 11.9. The molecule has 1 unspecified atom stereocenters. The first-order valence-electron chi connectivity index (χ1n) is 7.27. The van der Waals surface area contributed by atoms with Crippen molar-refractivity contribution in [2.24, 2.45) is 5.92 Å². The molecule has 0 radical (unpaired) electrons. The molecule has 0 spiro atoms. The highest BCUT2D eigenvalue weighted by molar-refractivity contribution is 5.06. The van der Waals surface area contributed by atoms with E-state index in [9.17, 15) is 0 Å². The van der Waals surface area contributed by atoms with E-state index >= 15 is 0 Å². The van der Waals surface area contributed by atoms with E-state index in [-0.39, 0.29) is 5.60 Å². The van der Waals surface area contributed by atoms with Gasteiger partial charge >= 0.3 is 0 Å². The molecule has 0 saturated heterocycles. The molecular formula is C16H30O. The second-order valence-corrected chi connectivity index (χ2v) is 6.52. The Morgan fingerprint density at radius 2 is 1.88 bits per heavy atom. The number of hydrogen-bond acceptors (Lipinski definition) is 1. The van der Waals surface area contributed by atoms with Gasteiger partial charge in [0.15, 0.2) is 0 Å². The van der Waals surface area contributed by atoms with Gasteiger partial charge in [0.25, 0.3) is 0 Å². The third-order valence-corrected chi connectivity index (χ3v) is 3.45. The molecule has 1 atom stereocenters. The van der Waals surface area contributed by atoms with Crippen LogP contribution < -0.4 is 0 Å². The van der Waals surface area contributed by atoms with Gasteiger partial charge in [0.1, 0.15) is 0 Å². The molecule has 17 heavy (non-hydrogen) atoms. The molecule has 0 heterocycles. The molecule has 0 aromatic rings. The number of allylic oxidation sites excluding steroid dienone is 2. The van der Waals surface area contributed by atoms with Crippen molar-refractivity contribution < 1.29 is 4.74 Å². The van der Waals surface area contributed by atoms with Gasteiger partial charge in [-0.25, -0.2) is 0 Å². The Labute approximate surface area is 108 Å². The van der Waals surface area contributed by atoms with Crippen LogP contribution >= 0.6 is 0 Å². The topological polar surface area (TPSA) is 9.23 Å². The second kappa shape index (κ2) is 7.20. The van der Waals surface area contributed by atoms with E-state index in [1.54, 1.807) is 5.57 Å². The van der Waals surface area contributed by atoms with Crippen LogP contribution in [0.3, 0.4) is 0 Å². The van der Waals surface area contributed by atoms with Gasteiger partial charge in [-0.3, -0.25) is 0 Å². The fourth-order valence-electron chi connectivity index (χ4n) is 2.48. The van der Waals surface area contributed by atoms with Crippen molar-refractivity contribution in [1.29, 1.82) is 0 Å². The predicted octanol–water partition coefficient (Wildman–Crippen LogP) is 5.11. The molecule has 100 valence electrons. The smallest absolute Gasteiger partial charge is 0.0598 e. The van der Waals surface area contributed by atoms with Crippen molar-refractivity contribution in [2.75, 3.05) is 6.61 Å². The first kappa shape index (κ1) is 14.8. The van der Waals surface area contributed by atoms with E-state index < -0.39 is 0 Å². The molecule has 0 N–H and O–H groups in total. The van der Waals surface area contributed by atoms with E-state index in [2.05, 4.69) is 33.8 Å². The van der Waals surface area contributed by atoms with Crippen LogP contribution in [0.15, 0.2) is 11.6 Å². The number of unbranched alkanes of at least 4 members (excludes halogenated alkanes) is 3.